The van der Waals surface area contributed by atoms with Crippen molar-refractivity contribution in [1.82, 2.24) is 4.90 Å². The second-order valence-electron chi connectivity index (χ2n) is 10.6. The molecule has 1 saturated carbocycles. The van der Waals surface area contributed by atoms with E-state index in [0.29, 0.717) is 5.02 Å². The number of aryl methyl sites for hydroxylation is 3. The Balaban J connectivity index is 1.72. The molecule has 0 radical (unpaired) electrons. The molecule has 5 heteroatoms. The summed E-state index contributed by atoms with van der Waals surface area (Å²) in [6.07, 6.45) is 8.99. The van der Waals surface area contributed by atoms with E-state index in [2.05, 4.69) is 37.8 Å². The molecular formula is C29H36ClN3O. The van der Waals surface area contributed by atoms with Gasteiger partial charge in [-0.25, -0.2) is 4.99 Å². The first-order chi connectivity index (χ1) is 16.4. The third kappa shape index (κ3) is 4.09. The van der Waals surface area contributed by atoms with Crippen LogP contribution in [-0.2, 0) is 4.79 Å². The predicted octanol–water partition coefficient (Wildman–Crippen LogP) is 7.15. The molecule has 0 bridgehead atoms. The van der Waals surface area contributed by atoms with Crippen LogP contribution < -0.4 is 4.90 Å². The van der Waals surface area contributed by atoms with E-state index < -0.39 is 0 Å². The molecule has 34 heavy (non-hydrogen) atoms. The van der Waals surface area contributed by atoms with Crippen LogP contribution in [0, 0.1) is 26.2 Å². The van der Waals surface area contributed by atoms with Gasteiger partial charge in [0, 0.05) is 5.02 Å². The van der Waals surface area contributed by atoms with Crippen molar-refractivity contribution in [3.05, 3.63) is 58.1 Å². The molecule has 2 aromatic rings. The monoisotopic (exact) mass is 477 g/mol. The molecule has 1 unspecified atom stereocenters. The van der Waals surface area contributed by atoms with E-state index in [1.165, 1.54) is 31.2 Å². The lowest BCUT2D eigenvalue weighted by Crippen LogP contribution is -2.52. The summed E-state index contributed by atoms with van der Waals surface area (Å²) in [5, 5.41) is 0.680. The number of anilines is 1. The molecule has 1 amide bonds. The van der Waals surface area contributed by atoms with Gasteiger partial charge in [-0.1, -0.05) is 55.0 Å². The lowest BCUT2D eigenvalue weighted by Gasteiger charge is -2.42. The summed E-state index contributed by atoms with van der Waals surface area (Å²) in [7, 11) is 0. The van der Waals surface area contributed by atoms with Crippen molar-refractivity contribution in [1.29, 1.82) is 0 Å². The number of benzene rings is 2. The van der Waals surface area contributed by atoms with Gasteiger partial charge in [-0.15, -0.1) is 0 Å². The number of carbonyl (C=O) groups excluding carboxylic acids is 1. The number of aliphatic imine (C=N–C) groups is 1. The average Bonchev–Trinajstić information content (AvgIpc) is 3.05. The molecule has 1 atom stereocenters. The predicted molar refractivity (Wildman–Crippen MR) is 141 cm³/mol. The molecule has 5 rings (SSSR count). The van der Waals surface area contributed by atoms with Crippen LogP contribution in [0.3, 0.4) is 0 Å². The van der Waals surface area contributed by atoms with Gasteiger partial charge in [0.25, 0.3) is 0 Å². The molecule has 4 nitrogen and oxygen atoms in total. The second kappa shape index (κ2) is 9.47. The number of halogens is 1. The van der Waals surface area contributed by atoms with Crippen molar-refractivity contribution in [2.75, 3.05) is 18.0 Å². The Morgan fingerprint density at radius 3 is 2.09 bits per heavy atom. The zero-order valence-corrected chi connectivity index (χ0v) is 21.5. The summed E-state index contributed by atoms with van der Waals surface area (Å²) >= 11 is 6.23. The topological polar surface area (TPSA) is 35.9 Å². The van der Waals surface area contributed by atoms with Gasteiger partial charge in [0.1, 0.15) is 5.84 Å². The van der Waals surface area contributed by atoms with Crippen LogP contribution in [0.2, 0.25) is 5.02 Å². The Morgan fingerprint density at radius 1 is 0.882 bits per heavy atom. The third-order valence-corrected chi connectivity index (χ3v) is 8.33. The van der Waals surface area contributed by atoms with E-state index in [4.69, 9.17) is 16.6 Å². The van der Waals surface area contributed by atoms with Crippen molar-refractivity contribution in [2.24, 2.45) is 10.4 Å². The maximum atomic E-state index is 14.4. The normalized spacial score (nSPS) is 24.4. The highest BCUT2D eigenvalue weighted by atomic mass is 35.5. The van der Waals surface area contributed by atoms with Crippen LogP contribution >= 0.6 is 11.6 Å². The standard InChI is InChI=1S/C29H36ClN3O/c1-20-18-21(2)25(22(3)19-20)31-27-26(32-16-8-5-9-17-32)29(14-6-4-7-15-29)28(34)33(27)24-12-10-23(30)11-13-24/h10-13,18-19,26H,4-9,14-17H2,1-3H3. The lowest BCUT2D eigenvalue weighted by molar-refractivity contribution is -0.130. The van der Waals surface area contributed by atoms with Crippen molar-refractivity contribution >= 4 is 34.7 Å². The second-order valence-corrected chi connectivity index (χ2v) is 11.0. The fourth-order valence-electron chi connectivity index (χ4n) is 6.59. The minimum atomic E-state index is -0.388. The van der Waals surface area contributed by atoms with Crippen LogP contribution in [0.25, 0.3) is 0 Å². The SMILES string of the molecule is Cc1cc(C)c(N=C2C(N3CCCCC3)C3(CCCCC3)C(=O)N2c2ccc(Cl)cc2)c(C)c1. The Morgan fingerprint density at radius 2 is 1.47 bits per heavy atom. The average molecular weight is 478 g/mol. The number of amidine groups is 1. The first-order valence-corrected chi connectivity index (χ1v) is 13.3. The summed E-state index contributed by atoms with van der Waals surface area (Å²) < 4.78 is 0. The minimum Gasteiger partial charge on any atom is -0.293 e. The summed E-state index contributed by atoms with van der Waals surface area (Å²) in [5.41, 5.74) is 5.06. The molecule has 0 N–H and O–H groups in total. The van der Waals surface area contributed by atoms with Gasteiger partial charge >= 0.3 is 0 Å². The Kier molecular flexibility index (Phi) is 6.56. The van der Waals surface area contributed by atoms with Crippen LogP contribution in [0.15, 0.2) is 41.4 Å². The zero-order chi connectivity index (χ0) is 23.9. The third-order valence-electron chi connectivity index (χ3n) is 8.07. The van der Waals surface area contributed by atoms with Crippen molar-refractivity contribution in [3.63, 3.8) is 0 Å². The van der Waals surface area contributed by atoms with Gasteiger partial charge in [0.15, 0.2) is 0 Å². The van der Waals surface area contributed by atoms with Crippen molar-refractivity contribution in [2.45, 2.75) is 78.2 Å². The molecule has 2 saturated heterocycles. The van der Waals surface area contributed by atoms with E-state index in [9.17, 15) is 4.79 Å². The molecule has 1 spiro atoms. The van der Waals surface area contributed by atoms with Crippen LogP contribution in [0.4, 0.5) is 11.4 Å². The van der Waals surface area contributed by atoms with Crippen molar-refractivity contribution < 1.29 is 4.79 Å². The minimum absolute atomic E-state index is 0.0244. The number of hydrogen-bond donors (Lipinski definition) is 0. The first-order valence-electron chi connectivity index (χ1n) is 12.9. The maximum Gasteiger partial charge on any atom is 0.240 e. The number of rotatable bonds is 3. The molecule has 2 aliphatic heterocycles. The maximum absolute atomic E-state index is 14.4. The van der Waals surface area contributed by atoms with E-state index in [1.54, 1.807) is 0 Å². The largest absolute Gasteiger partial charge is 0.293 e. The molecule has 1 aliphatic carbocycles. The number of piperidine rings is 1. The highest BCUT2D eigenvalue weighted by Gasteiger charge is 2.60. The molecule has 0 aromatic heterocycles. The van der Waals surface area contributed by atoms with Crippen molar-refractivity contribution in [3.8, 4) is 0 Å². The highest BCUT2D eigenvalue weighted by molar-refractivity contribution is 6.31. The van der Waals surface area contributed by atoms with Gasteiger partial charge in [0.05, 0.1) is 22.8 Å². The van der Waals surface area contributed by atoms with Gasteiger partial charge in [-0.05, 0) is 94.9 Å². The molecule has 3 fully saturated rings. The number of hydrogen-bond acceptors (Lipinski definition) is 3. The Labute approximate surface area is 209 Å². The van der Waals surface area contributed by atoms with E-state index in [0.717, 1.165) is 67.1 Å². The molecule has 3 aliphatic rings. The number of nitrogens with zero attached hydrogens (tertiary/aromatic N) is 3. The van der Waals surface area contributed by atoms with Crippen LogP contribution in [-0.4, -0.2) is 35.8 Å². The van der Waals surface area contributed by atoms with Gasteiger partial charge in [-0.2, -0.15) is 0 Å². The van der Waals surface area contributed by atoms with Gasteiger partial charge < -0.3 is 0 Å². The number of likely N-dealkylation sites (tertiary alicyclic amines) is 1. The molecule has 2 heterocycles. The Bertz CT molecular complexity index is 1070. The summed E-state index contributed by atoms with van der Waals surface area (Å²) in [5.74, 6) is 1.14. The van der Waals surface area contributed by atoms with Gasteiger partial charge in [0.2, 0.25) is 5.91 Å². The summed E-state index contributed by atoms with van der Waals surface area (Å²) in [4.78, 5) is 24.3. The molecule has 2 aromatic carbocycles. The molecular weight excluding hydrogens is 442 g/mol. The highest BCUT2D eigenvalue weighted by Crippen LogP contribution is 2.50. The fourth-order valence-corrected chi connectivity index (χ4v) is 6.71. The lowest BCUT2D eigenvalue weighted by atomic mass is 9.69. The van der Waals surface area contributed by atoms with Crippen LogP contribution in [0.1, 0.15) is 68.1 Å². The molecule has 180 valence electrons. The van der Waals surface area contributed by atoms with Crippen LogP contribution in [0.5, 0.6) is 0 Å². The van der Waals surface area contributed by atoms with E-state index in [1.807, 2.05) is 29.2 Å². The summed E-state index contributed by atoms with van der Waals surface area (Å²) in [6, 6.07) is 12.1. The smallest absolute Gasteiger partial charge is 0.240 e. The number of amides is 1. The van der Waals surface area contributed by atoms with E-state index in [-0.39, 0.29) is 17.4 Å². The Hall–Kier alpha value is -2.17. The number of carbonyl (C=O) groups is 1. The quantitative estimate of drug-likeness (QED) is 0.470. The summed E-state index contributed by atoms with van der Waals surface area (Å²) in [6.45, 7) is 8.48. The zero-order valence-electron chi connectivity index (χ0n) is 20.7. The fraction of sp³-hybridized carbons (Fsp3) is 0.517. The first kappa shape index (κ1) is 23.6. The van der Waals surface area contributed by atoms with Gasteiger partial charge in [-0.3, -0.25) is 14.6 Å². The van der Waals surface area contributed by atoms with E-state index >= 15 is 0 Å².